The number of fused-ring (bicyclic) bond motifs is 1. The molecule has 0 radical (unpaired) electrons. The molecule has 0 spiro atoms. The number of hydrogen-bond donors (Lipinski definition) is 2. The first-order valence-electron chi connectivity index (χ1n) is 11.9. The van der Waals surface area contributed by atoms with Crippen LogP contribution in [0.3, 0.4) is 0 Å². The zero-order valence-electron chi connectivity index (χ0n) is 20.4. The second-order valence-electron chi connectivity index (χ2n) is 8.97. The lowest BCUT2D eigenvalue weighted by Crippen LogP contribution is -2.46. The first-order valence-corrected chi connectivity index (χ1v) is 12.6. The number of hydrogen-bond acceptors (Lipinski definition) is 7. The molecular weight excluding hydrogens is 546 g/mol. The van der Waals surface area contributed by atoms with Gasteiger partial charge in [0.05, 0.1) is 18.1 Å². The fourth-order valence-corrected chi connectivity index (χ4v) is 4.29. The maximum absolute atomic E-state index is 10.6. The van der Waals surface area contributed by atoms with E-state index in [0.29, 0.717) is 6.04 Å². The zero-order chi connectivity index (χ0) is 27.4. The number of benzene rings is 2. The highest BCUT2D eigenvalue weighted by Crippen LogP contribution is 2.32. The number of halogens is 5. The highest BCUT2D eigenvalue weighted by atomic mass is 35.5. The van der Waals surface area contributed by atoms with E-state index in [1.807, 2.05) is 36.4 Å². The highest BCUT2D eigenvalue weighted by Gasteiger charge is 2.38. The Morgan fingerprint density at radius 2 is 1.76 bits per heavy atom. The Hall–Kier alpha value is -3.02. The first-order chi connectivity index (χ1) is 18.0. The Balaban J connectivity index is 0.000000426. The van der Waals surface area contributed by atoms with Gasteiger partial charge >= 0.3 is 12.1 Å². The summed E-state index contributed by atoms with van der Waals surface area (Å²) in [4.78, 5) is 23.5. The number of carbonyl (C=O) groups is 1. The smallest absolute Gasteiger partial charge is 0.490 e. The highest BCUT2D eigenvalue weighted by molar-refractivity contribution is 6.33. The lowest BCUT2D eigenvalue weighted by molar-refractivity contribution is -0.192. The Kier molecular flexibility index (Phi) is 8.69. The van der Waals surface area contributed by atoms with Crippen molar-refractivity contribution in [3.63, 3.8) is 0 Å². The summed E-state index contributed by atoms with van der Waals surface area (Å²) >= 11 is 12.5. The van der Waals surface area contributed by atoms with Gasteiger partial charge in [-0.2, -0.15) is 13.2 Å². The van der Waals surface area contributed by atoms with Crippen LogP contribution < -0.4 is 15.0 Å². The number of anilines is 2. The third kappa shape index (κ3) is 7.30. The molecule has 2 aromatic carbocycles. The van der Waals surface area contributed by atoms with Crippen molar-refractivity contribution in [1.29, 1.82) is 0 Å². The van der Waals surface area contributed by atoms with Crippen LogP contribution in [0.15, 0.2) is 36.4 Å². The summed E-state index contributed by atoms with van der Waals surface area (Å²) in [6.45, 7) is 4.41. The summed E-state index contributed by atoms with van der Waals surface area (Å²) in [5.41, 5.74) is 2.80. The summed E-state index contributed by atoms with van der Waals surface area (Å²) in [7, 11) is 1.67. The number of carboxylic acid groups (broad SMARTS) is 1. The minimum atomic E-state index is -5.08. The quantitative estimate of drug-likeness (QED) is 0.402. The van der Waals surface area contributed by atoms with Crippen LogP contribution in [0.1, 0.15) is 18.4 Å². The first kappa shape index (κ1) is 28.0. The van der Waals surface area contributed by atoms with Gasteiger partial charge in [0.15, 0.2) is 11.6 Å². The van der Waals surface area contributed by atoms with Gasteiger partial charge in [0, 0.05) is 54.9 Å². The average molecular weight is 572 g/mol. The van der Waals surface area contributed by atoms with Crippen LogP contribution in [-0.2, 0) is 11.3 Å². The van der Waals surface area contributed by atoms with E-state index in [1.54, 1.807) is 7.11 Å². The van der Waals surface area contributed by atoms with E-state index in [2.05, 4.69) is 15.1 Å². The van der Waals surface area contributed by atoms with Crippen molar-refractivity contribution in [2.75, 3.05) is 43.5 Å². The van der Waals surface area contributed by atoms with Crippen LogP contribution in [-0.4, -0.2) is 71.5 Å². The van der Waals surface area contributed by atoms with E-state index >= 15 is 0 Å². The van der Waals surface area contributed by atoms with E-state index in [-0.39, 0.29) is 0 Å². The largest absolute Gasteiger partial charge is 0.497 e. The van der Waals surface area contributed by atoms with E-state index in [4.69, 9.17) is 47.8 Å². The molecule has 0 atom stereocenters. The molecule has 1 saturated carbocycles. The number of carboxylic acids is 1. The van der Waals surface area contributed by atoms with E-state index < -0.39 is 12.1 Å². The van der Waals surface area contributed by atoms with Crippen LogP contribution >= 0.6 is 23.2 Å². The molecule has 1 aliphatic carbocycles. The van der Waals surface area contributed by atoms with Crippen LogP contribution in [0.2, 0.25) is 10.0 Å². The molecule has 2 fully saturated rings. The normalized spacial score (nSPS) is 16.1. The number of methoxy groups -OCH3 is 1. The molecule has 5 rings (SSSR count). The van der Waals surface area contributed by atoms with Crippen LogP contribution in [0, 0.1) is 0 Å². The molecule has 8 nitrogen and oxygen atoms in total. The molecule has 3 aromatic rings. The van der Waals surface area contributed by atoms with Crippen LogP contribution in [0.25, 0.3) is 11.0 Å². The molecule has 0 bridgehead atoms. The zero-order valence-corrected chi connectivity index (χ0v) is 21.9. The summed E-state index contributed by atoms with van der Waals surface area (Å²) < 4.78 is 37.1. The maximum atomic E-state index is 10.6. The number of alkyl halides is 3. The van der Waals surface area contributed by atoms with Crippen molar-refractivity contribution < 1.29 is 27.8 Å². The predicted molar refractivity (Wildman–Crippen MR) is 140 cm³/mol. The lowest BCUT2D eigenvalue weighted by atomic mass is 10.2. The number of aliphatic carboxylic acids is 1. The molecular formula is C25H26Cl2F3N5O3. The molecule has 1 aromatic heterocycles. The van der Waals surface area contributed by atoms with Gasteiger partial charge in [0.25, 0.3) is 0 Å². The standard InChI is InChI=1S/C23H25Cl2N5O.C2HF3O2/c1-31-18-5-7-20-21(13-18)27-22(26-17-3-4-17)23(28-20)30-10-8-29(9-11-30)14-15-12-16(24)2-6-19(15)25;3-2(4,5)1(6)7/h2,5-7,12-13,17H,3-4,8-11,14H2,1H3,(H,26,27);(H,6,7). The van der Waals surface area contributed by atoms with Gasteiger partial charge in [-0.3, -0.25) is 4.90 Å². The summed E-state index contributed by atoms with van der Waals surface area (Å²) in [6, 6.07) is 12.0. The monoisotopic (exact) mass is 571 g/mol. The average Bonchev–Trinajstić information content (AvgIpc) is 3.70. The summed E-state index contributed by atoms with van der Waals surface area (Å²) in [6.07, 6.45) is -2.71. The minimum Gasteiger partial charge on any atom is -0.497 e. The molecule has 38 heavy (non-hydrogen) atoms. The van der Waals surface area contributed by atoms with E-state index in [0.717, 1.165) is 76.8 Å². The Morgan fingerprint density at radius 3 is 2.37 bits per heavy atom. The number of ether oxygens (including phenoxy) is 1. The van der Waals surface area contributed by atoms with E-state index in [9.17, 15) is 13.2 Å². The topological polar surface area (TPSA) is 90.8 Å². The van der Waals surface area contributed by atoms with Crippen molar-refractivity contribution in [2.45, 2.75) is 31.6 Å². The lowest BCUT2D eigenvalue weighted by Gasteiger charge is -2.36. The molecule has 204 valence electrons. The van der Waals surface area contributed by atoms with Gasteiger partial charge in [-0.15, -0.1) is 0 Å². The Labute approximate surface area is 227 Å². The van der Waals surface area contributed by atoms with Crippen molar-refractivity contribution >= 4 is 51.8 Å². The summed E-state index contributed by atoms with van der Waals surface area (Å²) in [5.74, 6) is -0.160. The fraction of sp³-hybridized carbons (Fsp3) is 0.400. The summed E-state index contributed by atoms with van der Waals surface area (Å²) in [5, 5.41) is 12.2. The Bertz CT molecular complexity index is 1300. The number of nitrogens with one attached hydrogen (secondary N) is 1. The van der Waals surface area contributed by atoms with Crippen molar-refractivity contribution in [3.8, 4) is 5.75 Å². The SMILES string of the molecule is COc1ccc2nc(N3CCN(Cc4cc(Cl)ccc4Cl)CC3)c(NC3CC3)nc2c1.O=C(O)C(F)(F)F. The number of aromatic nitrogens is 2. The predicted octanol–water partition coefficient (Wildman–Crippen LogP) is 5.48. The van der Waals surface area contributed by atoms with Crippen LogP contribution in [0.4, 0.5) is 24.8 Å². The third-order valence-corrected chi connectivity index (χ3v) is 6.69. The second kappa shape index (κ2) is 11.8. The van der Waals surface area contributed by atoms with Gasteiger partial charge in [0.1, 0.15) is 5.75 Å². The van der Waals surface area contributed by atoms with Crippen LogP contribution in [0.5, 0.6) is 5.75 Å². The van der Waals surface area contributed by atoms with Gasteiger partial charge in [-0.1, -0.05) is 23.2 Å². The third-order valence-electron chi connectivity index (χ3n) is 6.09. The maximum Gasteiger partial charge on any atom is 0.490 e. The number of piperazine rings is 1. The van der Waals surface area contributed by atoms with Crippen molar-refractivity contribution in [3.05, 3.63) is 52.0 Å². The minimum absolute atomic E-state index is 0.502. The molecule has 2 heterocycles. The van der Waals surface area contributed by atoms with Crippen molar-refractivity contribution in [1.82, 2.24) is 14.9 Å². The molecule has 0 amide bonds. The second-order valence-corrected chi connectivity index (χ2v) is 9.81. The number of rotatable bonds is 6. The van der Waals surface area contributed by atoms with Crippen molar-refractivity contribution in [2.24, 2.45) is 0 Å². The molecule has 2 N–H and O–H groups in total. The molecule has 13 heteroatoms. The van der Waals surface area contributed by atoms with Gasteiger partial charge in [-0.05, 0) is 48.7 Å². The molecule has 1 aliphatic heterocycles. The van der Waals surface area contributed by atoms with Gasteiger partial charge in [0.2, 0.25) is 0 Å². The molecule has 2 aliphatic rings. The molecule has 1 saturated heterocycles. The molecule has 0 unspecified atom stereocenters. The van der Waals surface area contributed by atoms with E-state index in [1.165, 1.54) is 12.8 Å². The Morgan fingerprint density at radius 1 is 1.08 bits per heavy atom. The van der Waals surface area contributed by atoms with Gasteiger partial charge in [-0.25, -0.2) is 14.8 Å². The fourth-order valence-electron chi connectivity index (χ4n) is 3.91. The van der Waals surface area contributed by atoms with Gasteiger partial charge < -0.3 is 20.1 Å². The number of nitrogens with zero attached hydrogens (tertiary/aromatic N) is 4.